The summed E-state index contributed by atoms with van der Waals surface area (Å²) in [5.41, 5.74) is 2.08. The summed E-state index contributed by atoms with van der Waals surface area (Å²) < 4.78 is 36.5. The lowest BCUT2D eigenvalue weighted by Gasteiger charge is -2.09. The van der Waals surface area contributed by atoms with Crippen LogP contribution in [0.5, 0.6) is 0 Å². The third-order valence-electron chi connectivity index (χ3n) is 2.68. The molecule has 1 heterocycles. The second kappa shape index (κ2) is 6.73. The smallest absolute Gasteiger partial charge is 0.318 e. The van der Waals surface area contributed by atoms with Crippen LogP contribution in [0.15, 0.2) is 41.1 Å². The molecule has 0 fully saturated rings. The molecule has 0 aliphatic carbocycles. The fraction of sp³-hybridized carbons (Fsp3) is 0.214. The molecule has 0 bridgehead atoms. The highest BCUT2D eigenvalue weighted by Crippen LogP contribution is 2.19. The van der Waals surface area contributed by atoms with E-state index < -0.39 is 12.1 Å². The zero-order valence-electron chi connectivity index (χ0n) is 10.9. The van der Waals surface area contributed by atoms with Crippen molar-refractivity contribution in [1.29, 1.82) is 0 Å². The lowest BCUT2D eigenvalue weighted by Crippen LogP contribution is -2.29. The number of benzene rings is 1. The Labute approximate surface area is 123 Å². The Kier molecular flexibility index (Phi) is 4.98. The Balaban J connectivity index is 1.90. The summed E-state index contributed by atoms with van der Waals surface area (Å²) in [6, 6.07) is 8.32. The highest BCUT2D eigenvalue weighted by molar-refractivity contribution is 7.07. The first-order valence-electron chi connectivity index (χ1n) is 6.14. The van der Waals surface area contributed by atoms with Crippen LogP contribution >= 0.6 is 11.3 Å². The highest BCUT2D eigenvalue weighted by Gasteiger charge is 2.38. The van der Waals surface area contributed by atoms with Crippen LogP contribution in [0.3, 0.4) is 0 Å². The van der Waals surface area contributed by atoms with Crippen molar-refractivity contribution in [3.8, 4) is 0 Å². The topological polar surface area (TPSA) is 41.1 Å². The Morgan fingerprint density at radius 2 is 1.90 bits per heavy atom. The van der Waals surface area contributed by atoms with Gasteiger partial charge in [0.25, 0.3) is 0 Å². The van der Waals surface area contributed by atoms with Crippen molar-refractivity contribution in [1.82, 2.24) is 5.32 Å². The van der Waals surface area contributed by atoms with Crippen LogP contribution in [-0.4, -0.2) is 12.1 Å². The molecule has 1 aromatic carbocycles. The van der Waals surface area contributed by atoms with E-state index in [9.17, 15) is 18.0 Å². The molecule has 2 N–H and O–H groups in total. The van der Waals surface area contributed by atoms with Crippen molar-refractivity contribution in [2.75, 3.05) is 5.32 Å². The maximum absolute atomic E-state index is 12.2. The van der Waals surface area contributed by atoms with Crippen LogP contribution in [0.25, 0.3) is 0 Å². The lowest BCUT2D eigenvalue weighted by atomic mass is 10.2. The highest BCUT2D eigenvalue weighted by atomic mass is 32.1. The summed E-state index contributed by atoms with van der Waals surface area (Å²) in [5.74, 6) is -1.97. The van der Waals surface area contributed by atoms with Gasteiger partial charge in [0.2, 0.25) is 0 Å². The first-order chi connectivity index (χ1) is 9.95. The number of halogens is 3. The van der Waals surface area contributed by atoms with Crippen molar-refractivity contribution in [3.05, 3.63) is 52.2 Å². The van der Waals surface area contributed by atoms with Crippen LogP contribution in [-0.2, 0) is 17.9 Å². The molecule has 2 rings (SSSR count). The molecule has 7 heteroatoms. The van der Waals surface area contributed by atoms with E-state index in [0.717, 1.165) is 11.1 Å². The predicted octanol–water partition coefficient (Wildman–Crippen LogP) is 3.54. The quantitative estimate of drug-likeness (QED) is 0.886. The molecule has 21 heavy (non-hydrogen) atoms. The number of alkyl halides is 3. The Morgan fingerprint density at radius 3 is 2.57 bits per heavy atom. The molecule has 3 nitrogen and oxygen atoms in total. The largest absolute Gasteiger partial charge is 0.471 e. The number of amides is 1. The molecule has 0 radical (unpaired) electrons. The van der Waals surface area contributed by atoms with Crippen molar-refractivity contribution in [2.45, 2.75) is 19.3 Å². The van der Waals surface area contributed by atoms with Crippen LogP contribution in [0.2, 0.25) is 0 Å². The fourth-order valence-corrected chi connectivity index (χ4v) is 2.37. The van der Waals surface area contributed by atoms with E-state index >= 15 is 0 Å². The molecule has 1 amide bonds. The minimum Gasteiger partial charge on any atom is -0.318 e. The number of rotatable bonds is 5. The zero-order valence-corrected chi connectivity index (χ0v) is 11.7. The molecule has 2 aromatic rings. The van der Waals surface area contributed by atoms with Gasteiger partial charge in [0.1, 0.15) is 0 Å². The van der Waals surface area contributed by atoms with Crippen molar-refractivity contribution >= 4 is 22.9 Å². The summed E-state index contributed by atoms with van der Waals surface area (Å²) in [5, 5.41) is 9.02. The maximum Gasteiger partial charge on any atom is 0.471 e. The standard InChI is InChI=1S/C14H13F3N2OS/c15-14(16,17)13(20)19-12-3-1-2-10(6-12)7-18-8-11-4-5-21-9-11/h1-6,9,18H,7-8H2,(H,19,20). The molecule has 0 unspecified atom stereocenters. The number of hydrogen-bond acceptors (Lipinski definition) is 3. The summed E-state index contributed by atoms with van der Waals surface area (Å²) in [6.45, 7) is 1.19. The van der Waals surface area contributed by atoms with Gasteiger partial charge in [-0.2, -0.15) is 24.5 Å². The number of carbonyl (C=O) groups is 1. The minimum atomic E-state index is -4.88. The van der Waals surface area contributed by atoms with E-state index in [-0.39, 0.29) is 5.69 Å². The molecule has 0 saturated carbocycles. The Morgan fingerprint density at radius 1 is 1.14 bits per heavy atom. The van der Waals surface area contributed by atoms with E-state index in [4.69, 9.17) is 0 Å². The van der Waals surface area contributed by atoms with E-state index in [0.29, 0.717) is 13.1 Å². The van der Waals surface area contributed by atoms with Gasteiger partial charge < -0.3 is 10.6 Å². The van der Waals surface area contributed by atoms with Gasteiger partial charge in [0, 0.05) is 18.8 Å². The van der Waals surface area contributed by atoms with Gasteiger partial charge in [-0.05, 0) is 40.1 Å². The van der Waals surface area contributed by atoms with Crippen LogP contribution < -0.4 is 10.6 Å². The fourth-order valence-electron chi connectivity index (χ4n) is 1.71. The molecule has 1 aromatic heterocycles. The molecule has 0 aliphatic rings. The van der Waals surface area contributed by atoms with Crippen molar-refractivity contribution in [2.24, 2.45) is 0 Å². The number of nitrogens with one attached hydrogen (secondary N) is 2. The Hall–Kier alpha value is -1.86. The van der Waals surface area contributed by atoms with Gasteiger partial charge in [0.05, 0.1) is 0 Å². The van der Waals surface area contributed by atoms with Crippen molar-refractivity contribution in [3.63, 3.8) is 0 Å². The first kappa shape index (κ1) is 15.5. The SMILES string of the molecule is O=C(Nc1cccc(CNCc2ccsc2)c1)C(F)(F)F. The molecule has 0 spiro atoms. The second-order valence-electron chi connectivity index (χ2n) is 4.39. The average Bonchev–Trinajstić information content (AvgIpc) is 2.91. The molecule has 112 valence electrons. The molecular weight excluding hydrogens is 301 g/mol. The Bertz CT molecular complexity index is 597. The van der Waals surface area contributed by atoms with Gasteiger partial charge in [0.15, 0.2) is 0 Å². The summed E-state index contributed by atoms with van der Waals surface area (Å²) in [4.78, 5) is 10.9. The monoisotopic (exact) mass is 314 g/mol. The molecule has 0 saturated heterocycles. The van der Waals surface area contributed by atoms with E-state index in [1.807, 2.05) is 22.1 Å². The molecule has 0 atom stereocenters. The second-order valence-corrected chi connectivity index (χ2v) is 5.17. The number of anilines is 1. The van der Waals surface area contributed by atoms with E-state index in [2.05, 4.69) is 5.32 Å². The third-order valence-corrected chi connectivity index (χ3v) is 3.41. The summed E-state index contributed by atoms with van der Waals surface area (Å²) >= 11 is 1.60. The average molecular weight is 314 g/mol. The zero-order chi connectivity index (χ0) is 15.3. The number of hydrogen-bond donors (Lipinski definition) is 2. The minimum absolute atomic E-state index is 0.132. The number of carbonyl (C=O) groups excluding carboxylic acids is 1. The predicted molar refractivity (Wildman–Crippen MR) is 76.0 cm³/mol. The summed E-state index contributed by atoms with van der Waals surface area (Å²) in [7, 11) is 0. The van der Waals surface area contributed by atoms with E-state index in [1.54, 1.807) is 23.5 Å². The van der Waals surface area contributed by atoms with Crippen LogP contribution in [0.1, 0.15) is 11.1 Å². The van der Waals surface area contributed by atoms with Gasteiger partial charge >= 0.3 is 12.1 Å². The first-order valence-corrected chi connectivity index (χ1v) is 7.08. The summed E-state index contributed by atoms with van der Waals surface area (Å²) in [6.07, 6.45) is -4.88. The van der Waals surface area contributed by atoms with Crippen LogP contribution in [0, 0.1) is 0 Å². The molecular formula is C14H13F3N2OS. The third kappa shape index (κ3) is 4.87. The normalized spacial score (nSPS) is 11.4. The van der Waals surface area contributed by atoms with Gasteiger partial charge in [-0.3, -0.25) is 4.79 Å². The molecule has 0 aliphatic heterocycles. The van der Waals surface area contributed by atoms with Gasteiger partial charge in [-0.25, -0.2) is 0 Å². The maximum atomic E-state index is 12.2. The number of thiophene rings is 1. The lowest BCUT2D eigenvalue weighted by molar-refractivity contribution is -0.167. The van der Waals surface area contributed by atoms with Gasteiger partial charge in [-0.1, -0.05) is 12.1 Å². The van der Waals surface area contributed by atoms with E-state index in [1.165, 1.54) is 12.1 Å². The van der Waals surface area contributed by atoms with Gasteiger partial charge in [-0.15, -0.1) is 0 Å². The van der Waals surface area contributed by atoms with Crippen molar-refractivity contribution < 1.29 is 18.0 Å². The van der Waals surface area contributed by atoms with Crippen LogP contribution in [0.4, 0.5) is 18.9 Å².